The predicted octanol–water partition coefficient (Wildman–Crippen LogP) is 2.52. The summed E-state index contributed by atoms with van der Waals surface area (Å²) < 4.78 is 0. The molecule has 1 saturated carbocycles. The highest BCUT2D eigenvalue weighted by atomic mass is 16.2. The molecule has 1 heterocycles. The Hall–Kier alpha value is -1.35. The normalized spacial score (nSPS) is 26.2. The number of carbonyl (C=O) groups excluding carboxylic acids is 1. The van der Waals surface area contributed by atoms with E-state index in [1.807, 2.05) is 25.2 Å². The summed E-state index contributed by atoms with van der Waals surface area (Å²) in [4.78, 5) is 13.5. The monoisotopic (exact) mass is 260 g/mol. The summed E-state index contributed by atoms with van der Waals surface area (Å²) in [6, 6.07) is 10.0. The third kappa shape index (κ3) is 4.35. The smallest absolute Gasteiger partial charge is 0.239 e. The van der Waals surface area contributed by atoms with E-state index in [1.54, 1.807) is 4.90 Å². The molecule has 1 aromatic carbocycles. The van der Waals surface area contributed by atoms with Gasteiger partial charge in [0, 0.05) is 19.5 Å². The van der Waals surface area contributed by atoms with Crippen molar-refractivity contribution in [2.75, 3.05) is 13.6 Å². The molecule has 3 heteroatoms. The summed E-state index contributed by atoms with van der Waals surface area (Å²) in [5, 5.41) is 0. The van der Waals surface area contributed by atoms with E-state index in [2.05, 4.69) is 12.1 Å². The van der Waals surface area contributed by atoms with Gasteiger partial charge in [0.05, 0.1) is 6.04 Å². The molecule has 0 aromatic heterocycles. The maximum Gasteiger partial charge on any atom is 0.239 e. The van der Waals surface area contributed by atoms with Gasteiger partial charge in [0.25, 0.3) is 0 Å². The molecule has 3 rings (SSSR count). The maximum absolute atomic E-state index is 11.7. The summed E-state index contributed by atoms with van der Waals surface area (Å²) >= 11 is 0. The number of hydrogen-bond donors (Lipinski definition) is 1. The van der Waals surface area contributed by atoms with Crippen LogP contribution in [0.4, 0.5) is 0 Å². The molecular weight excluding hydrogens is 236 g/mol. The predicted molar refractivity (Wildman–Crippen MR) is 77.9 cm³/mol. The molecule has 2 fully saturated rings. The average molecular weight is 260 g/mol. The Labute approximate surface area is 115 Å². The second-order valence-corrected chi connectivity index (χ2v) is 5.57. The van der Waals surface area contributed by atoms with Gasteiger partial charge >= 0.3 is 0 Å². The van der Waals surface area contributed by atoms with Crippen molar-refractivity contribution < 1.29 is 4.79 Å². The number of hydrogen-bond acceptors (Lipinski definition) is 2. The number of benzene rings is 1. The first-order valence-electron chi connectivity index (χ1n) is 7.24. The fourth-order valence-electron chi connectivity index (χ4n) is 2.30. The Bertz CT molecular complexity index is 400. The van der Waals surface area contributed by atoms with E-state index in [-0.39, 0.29) is 11.9 Å². The Morgan fingerprint density at radius 2 is 1.74 bits per heavy atom. The number of amides is 1. The molecule has 104 valence electrons. The van der Waals surface area contributed by atoms with Gasteiger partial charge in [-0.05, 0) is 18.4 Å². The number of likely N-dealkylation sites (N-methyl/N-ethyl adjacent to an activating group) is 1. The fourth-order valence-corrected chi connectivity index (χ4v) is 2.30. The first-order chi connectivity index (χ1) is 9.18. The second-order valence-electron chi connectivity index (χ2n) is 5.57. The van der Waals surface area contributed by atoms with Crippen molar-refractivity contribution in [1.29, 1.82) is 0 Å². The number of likely N-dealkylation sites (tertiary alicyclic amines) is 1. The van der Waals surface area contributed by atoms with E-state index in [0.29, 0.717) is 5.92 Å². The van der Waals surface area contributed by atoms with Gasteiger partial charge in [-0.3, -0.25) is 4.79 Å². The standard InChI is InChI=1S/C13H18N2O.C3H6/c1-15-9-11(7-8-12(14)13(15)16)10-5-3-2-4-6-10;1-2-3-1/h2-6,11-12H,7-9,14H2,1H3;1-3H2/t11-,12-;/m1./s1. The molecule has 0 bridgehead atoms. The highest BCUT2D eigenvalue weighted by Crippen LogP contribution is 2.25. The van der Waals surface area contributed by atoms with Crippen LogP contribution in [0.2, 0.25) is 0 Å². The highest BCUT2D eigenvalue weighted by Gasteiger charge is 2.26. The lowest BCUT2D eigenvalue weighted by atomic mass is 9.94. The third-order valence-electron chi connectivity index (χ3n) is 3.64. The lowest BCUT2D eigenvalue weighted by Gasteiger charge is -2.21. The van der Waals surface area contributed by atoms with Gasteiger partial charge in [0.15, 0.2) is 0 Å². The quantitative estimate of drug-likeness (QED) is 0.843. The second kappa shape index (κ2) is 6.71. The van der Waals surface area contributed by atoms with Gasteiger partial charge in [-0.25, -0.2) is 0 Å². The number of nitrogens with zero attached hydrogens (tertiary/aromatic N) is 1. The zero-order valence-corrected chi connectivity index (χ0v) is 11.7. The SMILES string of the molecule is C1CC1.CN1C[C@H](c2ccccc2)CC[C@@H](N)C1=O. The summed E-state index contributed by atoms with van der Waals surface area (Å²) in [5.41, 5.74) is 7.12. The van der Waals surface area contributed by atoms with Crippen LogP contribution in [-0.4, -0.2) is 30.4 Å². The zero-order chi connectivity index (χ0) is 13.7. The van der Waals surface area contributed by atoms with Crippen molar-refractivity contribution in [3.8, 4) is 0 Å². The van der Waals surface area contributed by atoms with Gasteiger partial charge in [-0.1, -0.05) is 49.6 Å². The molecule has 1 aromatic rings. The molecule has 1 saturated heterocycles. The summed E-state index contributed by atoms with van der Waals surface area (Å²) in [7, 11) is 1.84. The molecule has 0 unspecified atom stereocenters. The third-order valence-corrected chi connectivity index (χ3v) is 3.64. The van der Waals surface area contributed by atoms with Crippen molar-refractivity contribution in [2.45, 2.75) is 44.1 Å². The lowest BCUT2D eigenvalue weighted by molar-refractivity contribution is -0.130. The molecule has 0 spiro atoms. The lowest BCUT2D eigenvalue weighted by Crippen LogP contribution is -2.40. The van der Waals surface area contributed by atoms with E-state index in [4.69, 9.17) is 5.73 Å². The van der Waals surface area contributed by atoms with Gasteiger partial charge in [-0.2, -0.15) is 0 Å². The van der Waals surface area contributed by atoms with Gasteiger partial charge in [-0.15, -0.1) is 0 Å². The highest BCUT2D eigenvalue weighted by molar-refractivity contribution is 5.81. The first kappa shape index (κ1) is 14.1. The average Bonchev–Trinajstić information content (AvgIpc) is 3.30. The van der Waals surface area contributed by atoms with Crippen molar-refractivity contribution in [2.24, 2.45) is 5.73 Å². The zero-order valence-electron chi connectivity index (χ0n) is 11.7. The number of rotatable bonds is 1. The minimum atomic E-state index is -0.321. The van der Waals surface area contributed by atoms with Crippen LogP contribution in [0.3, 0.4) is 0 Å². The molecule has 1 amide bonds. The molecule has 0 radical (unpaired) electrons. The summed E-state index contributed by atoms with van der Waals surface area (Å²) in [5.74, 6) is 0.488. The Kier molecular flexibility index (Phi) is 4.97. The minimum absolute atomic E-state index is 0.0680. The summed E-state index contributed by atoms with van der Waals surface area (Å²) in [6.45, 7) is 0.774. The van der Waals surface area contributed by atoms with Crippen LogP contribution >= 0.6 is 0 Å². The van der Waals surface area contributed by atoms with E-state index in [1.165, 1.54) is 24.8 Å². The van der Waals surface area contributed by atoms with Crippen LogP contribution in [0.25, 0.3) is 0 Å². The van der Waals surface area contributed by atoms with E-state index in [0.717, 1.165) is 19.4 Å². The number of carbonyl (C=O) groups is 1. The molecular formula is C16H24N2O. The topological polar surface area (TPSA) is 46.3 Å². The van der Waals surface area contributed by atoms with Crippen LogP contribution in [-0.2, 0) is 4.79 Å². The van der Waals surface area contributed by atoms with Crippen LogP contribution in [0.5, 0.6) is 0 Å². The first-order valence-corrected chi connectivity index (χ1v) is 7.24. The summed E-state index contributed by atoms with van der Waals surface area (Å²) in [6.07, 6.45) is 6.27. The van der Waals surface area contributed by atoms with E-state index in [9.17, 15) is 4.79 Å². The molecule has 2 aliphatic rings. The minimum Gasteiger partial charge on any atom is -0.344 e. The van der Waals surface area contributed by atoms with Crippen molar-refractivity contribution in [3.63, 3.8) is 0 Å². The number of nitrogens with two attached hydrogens (primary N) is 1. The Morgan fingerprint density at radius 3 is 2.32 bits per heavy atom. The Balaban J connectivity index is 0.000000390. The fraction of sp³-hybridized carbons (Fsp3) is 0.562. The van der Waals surface area contributed by atoms with E-state index < -0.39 is 0 Å². The van der Waals surface area contributed by atoms with Crippen LogP contribution in [0, 0.1) is 0 Å². The van der Waals surface area contributed by atoms with Crippen molar-refractivity contribution in [3.05, 3.63) is 35.9 Å². The molecule has 1 aliphatic carbocycles. The van der Waals surface area contributed by atoms with Crippen LogP contribution < -0.4 is 5.73 Å². The molecule has 1 aliphatic heterocycles. The van der Waals surface area contributed by atoms with Gasteiger partial charge in [0.2, 0.25) is 5.91 Å². The largest absolute Gasteiger partial charge is 0.344 e. The molecule has 2 atom stereocenters. The maximum atomic E-state index is 11.7. The van der Waals surface area contributed by atoms with Crippen molar-refractivity contribution in [1.82, 2.24) is 4.90 Å². The Morgan fingerprint density at radius 1 is 1.11 bits per heavy atom. The molecule has 3 nitrogen and oxygen atoms in total. The van der Waals surface area contributed by atoms with Gasteiger partial charge < -0.3 is 10.6 Å². The van der Waals surface area contributed by atoms with Crippen LogP contribution in [0.1, 0.15) is 43.6 Å². The van der Waals surface area contributed by atoms with Gasteiger partial charge in [0.1, 0.15) is 0 Å². The molecule has 19 heavy (non-hydrogen) atoms. The van der Waals surface area contributed by atoms with Crippen LogP contribution in [0.15, 0.2) is 30.3 Å². The molecule has 2 N–H and O–H groups in total. The van der Waals surface area contributed by atoms with Crippen molar-refractivity contribution >= 4 is 5.91 Å². The van der Waals surface area contributed by atoms with E-state index >= 15 is 0 Å².